The van der Waals surface area contributed by atoms with Crippen molar-refractivity contribution in [1.82, 2.24) is 15.3 Å². The lowest BCUT2D eigenvalue weighted by Crippen LogP contribution is -2.55. The predicted octanol–water partition coefficient (Wildman–Crippen LogP) is 1.25. The number of piperidine rings is 1. The van der Waals surface area contributed by atoms with Gasteiger partial charge in [0.15, 0.2) is 10.8 Å². The first-order valence-electron chi connectivity index (χ1n) is 8.68. The van der Waals surface area contributed by atoms with Gasteiger partial charge in [-0.1, -0.05) is 22.9 Å². The SMILES string of the molecule is COC1CN(c2nc(C(N)=O)c(C(=O)O)s2)CCC1NC(=O)c1cc(Cl)c(C)[nH]1. The number of primary amides is 1. The second-order valence-corrected chi connectivity index (χ2v) is 7.97. The number of carboxylic acid groups (broad SMARTS) is 1. The number of carboxylic acids is 1. The Morgan fingerprint density at radius 1 is 1.48 bits per heavy atom. The molecule has 10 nitrogen and oxygen atoms in total. The number of carbonyl (C=O) groups excluding carboxylic acids is 2. The third kappa shape index (κ3) is 4.36. The van der Waals surface area contributed by atoms with Gasteiger partial charge in [-0.25, -0.2) is 9.78 Å². The van der Waals surface area contributed by atoms with Crippen LogP contribution in [-0.2, 0) is 4.74 Å². The summed E-state index contributed by atoms with van der Waals surface area (Å²) in [6.45, 7) is 2.62. The van der Waals surface area contributed by atoms with Crippen molar-refractivity contribution in [3.63, 3.8) is 0 Å². The highest BCUT2D eigenvalue weighted by molar-refractivity contribution is 7.17. The first kappa shape index (κ1) is 21.1. The topological polar surface area (TPSA) is 151 Å². The zero-order chi connectivity index (χ0) is 21.3. The number of aromatic amines is 1. The van der Waals surface area contributed by atoms with Gasteiger partial charge in [-0.2, -0.15) is 0 Å². The van der Waals surface area contributed by atoms with E-state index in [9.17, 15) is 19.5 Å². The summed E-state index contributed by atoms with van der Waals surface area (Å²) in [6, 6.07) is 1.30. The highest BCUT2D eigenvalue weighted by Gasteiger charge is 2.33. The van der Waals surface area contributed by atoms with Gasteiger partial charge >= 0.3 is 5.97 Å². The number of ether oxygens (including phenoxy) is 1. The summed E-state index contributed by atoms with van der Waals surface area (Å²) in [6.07, 6.45) is 0.166. The van der Waals surface area contributed by atoms with Crippen LogP contribution < -0.4 is 16.0 Å². The average molecular weight is 442 g/mol. The van der Waals surface area contributed by atoms with E-state index in [1.165, 1.54) is 7.11 Å². The number of nitrogens with one attached hydrogen (secondary N) is 2. The van der Waals surface area contributed by atoms with Gasteiger partial charge in [0.05, 0.1) is 17.2 Å². The number of methoxy groups -OCH3 is 1. The average Bonchev–Trinajstić information content (AvgIpc) is 3.26. The molecule has 29 heavy (non-hydrogen) atoms. The van der Waals surface area contributed by atoms with Crippen LogP contribution in [0.5, 0.6) is 0 Å². The van der Waals surface area contributed by atoms with Gasteiger partial charge in [-0.3, -0.25) is 9.59 Å². The summed E-state index contributed by atoms with van der Waals surface area (Å²) >= 11 is 6.88. The molecule has 0 bridgehead atoms. The minimum atomic E-state index is -1.26. The molecule has 12 heteroatoms. The van der Waals surface area contributed by atoms with Crippen molar-refractivity contribution in [2.24, 2.45) is 5.73 Å². The number of carbonyl (C=O) groups is 3. The number of thiazole rings is 1. The van der Waals surface area contributed by atoms with Gasteiger partial charge in [0, 0.05) is 25.9 Å². The molecule has 0 spiro atoms. The lowest BCUT2D eigenvalue weighted by Gasteiger charge is -2.37. The third-order valence-corrected chi connectivity index (χ3v) is 6.19. The van der Waals surface area contributed by atoms with E-state index in [1.54, 1.807) is 13.0 Å². The zero-order valence-corrected chi connectivity index (χ0v) is 17.3. The van der Waals surface area contributed by atoms with E-state index in [2.05, 4.69) is 15.3 Å². The molecule has 1 fully saturated rings. The Labute approximate surface area is 175 Å². The number of anilines is 1. The minimum Gasteiger partial charge on any atom is -0.477 e. The number of nitrogens with two attached hydrogens (primary N) is 1. The standard InChI is InChI=1S/C17H20ClN5O5S/c1-7-8(18)5-10(20-7)15(25)21-9-3-4-23(6-11(9)28-2)17-22-12(14(19)24)13(29-17)16(26)27/h5,9,11,20H,3-4,6H2,1-2H3,(H2,19,24)(H,21,25)(H,26,27). The number of rotatable bonds is 6. The van der Waals surface area contributed by atoms with Gasteiger partial charge in [0.2, 0.25) is 0 Å². The molecule has 2 atom stereocenters. The molecule has 2 unspecified atom stereocenters. The van der Waals surface area contributed by atoms with Crippen LogP contribution in [0.3, 0.4) is 0 Å². The second kappa shape index (κ2) is 8.39. The van der Waals surface area contributed by atoms with E-state index in [-0.39, 0.29) is 28.6 Å². The molecular formula is C17H20ClN5O5S. The van der Waals surface area contributed by atoms with Crippen molar-refractivity contribution in [1.29, 1.82) is 0 Å². The summed E-state index contributed by atoms with van der Waals surface area (Å²) in [5.74, 6) is -2.44. The van der Waals surface area contributed by atoms with Crippen LogP contribution in [0.25, 0.3) is 0 Å². The molecule has 1 aliphatic rings. The molecule has 0 saturated carbocycles. The quantitative estimate of drug-likeness (QED) is 0.526. The number of aromatic carboxylic acids is 1. The molecule has 0 aromatic carbocycles. The maximum Gasteiger partial charge on any atom is 0.348 e. The van der Waals surface area contributed by atoms with Crippen molar-refractivity contribution in [3.8, 4) is 0 Å². The van der Waals surface area contributed by atoms with Crippen LogP contribution in [0.15, 0.2) is 6.07 Å². The summed E-state index contributed by atoms with van der Waals surface area (Å²) in [5, 5.41) is 13.0. The Morgan fingerprint density at radius 2 is 2.21 bits per heavy atom. The molecule has 2 aromatic heterocycles. The van der Waals surface area contributed by atoms with Crippen LogP contribution in [-0.4, -0.2) is 65.2 Å². The second-order valence-electron chi connectivity index (χ2n) is 6.59. The monoisotopic (exact) mass is 441 g/mol. The number of aryl methyl sites for hydroxylation is 1. The number of nitrogens with zero attached hydrogens (tertiary/aromatic N) is 2. The summed E-state index contributed by atoms with van der Waals surface area (Å²) in [7, 11) is 1.53. The van der Waals surface area contributed by atoms with Crippen LogP contribution in [0.1, 0.15) is 42.8 Å². The van der Waals surface area contributed by atoms with Gasteiger partial charge < -0.3 is 30.8 Å². The Morgan fingerprint density at radius 3 is 2.72 bits per heavy atom. The highest BCUT2D eigenvalue weighted by atomic mass is 35.5. The van der Waals surface area contributed by atoms with Gasteiger partial charge in [0.1, 0.15) is 10.6 Å². The van der Waals surface area contributed by atoms with Crippen molar-refractivity contribution in [3.05, 3.63) is 33.0 Å². The van der Waals surface area contributed by atoms with Gasteiger partial charge in [0.25, 0.3) is 11.8 Å². The van der Waals surface area contributed by atoms with E-state index < -0.39 is 11.9 Å². The van der Waals surface area contributed by atoms with Crippen molar-refractivity contribution in [2.75, 3.05) is 25.1 Å². The zero-order valence-electron chi connectivity index (χ0n) is 15.7. The van der Waals surface area contributed by atoms with E-state index in [0.29, 0.717) is 41.1 Å². The van der Waals surface area contributed by atoms with Crippen LogP contribution in [0, 0.1) is 6.92 Å². The van der Waals surface area contributed by atoms with E-state index in [1.807, 2.05) is 4.90 Å². The van der Waals surface area contributed by atoms with Crippen molar-refractivity contribution in [2.45, 2.75) is 25.5 Å². The fraction of sp³-hybridized carbons (Fsp3) is 0.412. The van der Waals surface area contributed by atoms with Crippen LogP contribution in [0.2, 0.25) is 5.02 Å². The summed E-state index contributed by atoms with van der Waals surface area (Å²) < 4.78 is 5.53. The Bertz CT molecular complexity index is 907. The lowest BCUT2D eigenvalue weighted by molar-refractivity contribution is 0.0540. The molecule has 5 N–H and O–H groups in total. The van der Waals surface area contributed by atoms with Gasteiger partial charge in [-0.15, -0.1) is 0 Å². The number of amides is 2. The highest BCUT2D eigenvalue weighted by Crippen LogP contribution is 2.29. The minimum absolute atomic E-state index is 0.198. The molecule has 1 aliphatic heterocycles. The molecule has 156 valence electrons. The molecule has 0 aliphatic carbocycles. The molecule has 1 saturated heterocycles. The molecule has 3 heterocycles. The number of aromatic nitrogens is 2. The number of hydrogen-bond donors (Lipinski definition) is 4. The smallest absolute Gasteiger partial charge is 0.348 e. The van der Waals surface area contributed by atoms with Gasteiger partial charge in [-0.05, 0) is 19.4 Å². The van der Waals surface area contributed by atoms with Crippen LogP contribution >= 0.6 is 22.9 Å². The normalized spacial score (nSPS) is 19.2. The molecule has 2 aromatic rings. The Kier molecular flexibility index (Phi) is 6.10. The first-order chi connectivity index (χ1) is 13.7. The maximum atomic E-state index is 12.5. The largest absolute Gasteiger partial charge is 0.477 e. The van der Waals surface area contributed by atoms with Crippen molar-refractivity contribution >= 4 is 45.9 Å². The fourth-order valence-corrected chi connectivity index (χ4v) is 4.25. The third-order valence-electron chi connectivity index (χ3n) is 4.69. The summed E-state index contributed by atoms with van der Waals surface area (Å²) in [5.41, 5.74) is 6.04. The first-order valence-corrected chi connectivity index (χ1v) is 9.88. The van der Waals surface area contributed by atoms with E-state index >= 15 is 0 Å². The molecule has 2 amide bonds. The number of hydrogen-bond acceptors (Lipinski definition) is 7. The predicted molar refractivity (Wildman–Crippen MR) is 107 cm³/mol. The molecule has 0 radical (unpaired) electrons. The Balaban J connectivity index is 1.72. The summed E-state index contributed by atoms with van der Waals surface area (Å²) in [4.78, 5) is 43.9. The van der Waals surface area contributed by atoms with Crippen LogP contribution in [0.4, 0.5) is 5.13 Å². The van der Waals surface area contributed by atoms with Crippen molar-refractivity contribution < 1.29 is 24.2 Å². The Hall–Kier alpha value is -2.63. The maximum absolute atomic E-state index is 12.5. The molecule has 3 rings (SSSR count). The van der Waals surface area contributed by atoms with E-state index in [0.717, 1.165) is 11.3 Å². The lowest BCUT2D eigenvalue weighted by atomic mass is 10.0. The number of halogens is 1. The number of H-pyrrole nitrogens is 1. The fourth-order valence-electron chi connectivity index (χ4n) is 3.15. The van der Waals surface area contributed by atoms with E-state index in [4.69, 9.17) is 22.1 Å². The molecular weight excluding hydrogens is 422 g/mol.